The number of nitrogens with zero attached hydrogens (tertiary/aromatic N) is 1. The van der Waals surface area contributed by atoms with Crippen LogP contribution in [0.3, 0.4) is 0 Å². The van der Waals surface area contributed by atoms with Crippen LogP contribution in [0.25, 0.3) is 0 Å². The number of carbonyl (C=O) groups excluding carboxylic acids is 4. The SMILES string of the molecule is CN[C@@H](C)C(=O)N[C@H](C(=O)N1C[C@H](NC(=O)c2ccc(OC)cc2)C[C@H]1C(=O)N[C@@H]1CCCc2ccccc21)C1CCCCC1. The second kappa shape index (κ2) is 14.9. The number of hydrogen-bond donors (Lipinski definition) is 4. The molecule has 5 atom stereocenters. The Balaban J connectivity index is 1.39. The molecule has 2 aromatic rings. The van der Waals surface area contributed by atoms with E-state index in [9.17, 15) is 19.2 Å². The maximum atomic E-state index is 14.5. The van der Waals surface area contributed by atoms with Gasteiger partial charge in [-0.25, -0.2) is 0 Å². The summed E-state index contributed by atoms with van der Waals surface area (Å²) in [6.07, 6.45) is 7.83. The first-order valence-corrected chi connectivity index (χ1v) is 16.4. The number of ether oxygens (including phenoxy) is 1. The van der Waals surface area contributed by atoms with Crippen LogP contribution in [0.2, 0.25) is 0 Å². The summed E-state index contributed by atoms with van der Waals surface area (Å²) in [6, 6.07) is 12.4. The van der Waals surface area contributed by atoms with Gasteiger partial charge >= 0.3 is 0 Å². The van der Waals surface area contributed by atoms with E-state index in [2.05, 4.69) is 33.4 Å². The molecule has 0 spiro atoms. The lowest BCUT2D eigenvalue weighted by Crippen LogP contribution is -2.58. The van der Waals surface area contributed by atoms with E-state index < -0.39 is 24.2 Å². The third kappa shape index (κ3) is 7.66. The topological polar surface area (TPSA) is 129 Å². The average molecular weight is 618 g/mol. The number of methoxy groups -OCH3 is 1. The van der Waals surface area contributed by atoms with Gasteiger partial charge in [0, 0.05) is 18.2 Å². The summed E-state index contributed by atoms with van der Waals surface area (Å²) >= 11 is 0. The Morgan fingerprint density at radius 1 is 0.911 bits per heavy atom. The van der Waals surface area contributed by atoms with Gasteiger partial charge in [-0.15, -0.1) is 0 Å². The second-order valence-electron chi connectivity index (χ2n) is 12.7. The highest BCUT2D eigenvalue weighted by Crippen LogP contribution is 2.32. The van der Waals surface area contributed by atoms with E-state index >= 15 is 0 Å². The van der Waals surface area contributed by atoms with Gasteiger partial charge in [-0.3, -0.25) is 19.2 Å². The molecule has 1 aliphatic heterocycles. The van der Waals surface area contributed by atoms with Gasteiger partial charge in [0.15, 0.2) is 0 Å². The molecule has 1 saturated heterocycles. The summed E-state index contributed by atoms with van der Waals surface area (Å²) in [5.74, 6) is -0.385. The van der Waals surface area contributed by atoms with E-state index in [-0.39, 0.29) is 48.6 Å². The minimum atomic E-state index is -0.780. The van der Waals surface area contributed by atoms with Gasteiger partial charge in [-0.1, -0.05) is 43.5 Å². The van der Waals surface area contributed by atoms with Crippen molar-refractivity contribution < 1.29 is 23.9 Å². The largest absolute Gasteiger partial charge is 0.497 e. The van der Waals surface area contributed by atoms with Crippen LogP contribution in [0.15, 0.2) is 48.5 Å². The van der Waals surface area contributed by atoms with E-state index in [1.807, 2.05) is 12.1 Å². The van der Waals surface area contributed by atoms with Crippen LogP contribution in [0, 0.1) is 5.92 Å². The summed E-state index contributed by atoms with van der Waals surface area (Å²) in [7, 11) is 3.28. The minimum Gasteiger partial charge on any atom is -0.497 e. The standard InChI is InChI=1S/C35H47N5O5/c1-22(36-2)32(41)39-31(24-11-5-4-6-12-24)35(44)40-21-26(37-33(42)25-16-18-27(45-3)19-17-25)20-30(40)34(43)38-29-15-9-13-23-10-7-8-14-28(23)29/h7-8,10,14,16-19,22,24,26,29-31,36H,4-6,9,11-13,15,20-21H2,1-3H3,(H,37,42)(H,38,43)(H,39,41)/t22-,26+,29+,30-,31-/m0/s1. The Morgan fingerprint density at radius 3 is 2.36 bits per heavy atom. The summed E-state index contributed by atoms with van der Waals surface area (Å²) in [6.45, 7) is 1.94. The zero-order chi connectivity index (χ0) is 31.9. The van der Waals surface area contributed by atoms with Crippen LogP contribution < -0.4 is 26.0 Å². The van der Waals surface area contributed by atoms with Gasteiger partial charge in [-0.2, -0.15) is 0 Å². The van der Waals surface area contributed by atoms with Crippen LogP contribution in [0.1, 0.15) is 85.8 Å². The van der Waals surface area contributed by atoms with Crippen molar-refractivity contribution in [2.75, 3.05) is 20.7 Å². The summed E-state index contributed by atoms with van der Waals surface area (Å²) in [5.41, 5.74) is 2.82. The monoisotopic (exact) mass is 617 g/mol. The van der Waals surface area contributed by atoms with E-state index in [4.69, 9.17) is 4.74 Å². The molecule has 4 N–H and O–H groups in total. The summed E-state index contributed by atoms with van der Waals surface area (Å²) in [5, 5.41) is 12.3. The average Bonchev–Trinajstić information content (AvgIpc) is 3.50. The smallest absolute Gasteiger partial charge is 0.251 e. The highest BCUT2D eigenvalue weighted by atomic mass is 16.5. The van der Waals surface area contributed by atoms with Gasteiger partial charge in [0.2, 0.25) is 17.7 Å². The molecular weight excluding hydrogens is 570 g/mol. The zero-order valence-corrected chi connectivity index (χ0v) is 26.6. The number of carbonyl (C=O) groups is 4. The predicted octanol–water partition coefficient (Wildman–Crippen LogP) is 3.26. The third-order valence-electron chi connectivity index (χ3n) is 9.77. The van der Waals surface area contributed by atoms with E-state index in [1.165, 1.54) is 5.56 Å². The Kier molecular flexibility index (Phi) is 10.8. The number of benzene rings is 2. The van der Waals surface area contributed by atoms with Crippen LogP contribution in [-0.4, -0.2) is 73.4 Å². The maximum Gasteiger partial charge on any atom is 0.251 e. The van der Waals surface area contributed by atoms with Crippen molar-refractivity contribution >= 4 is 23.6 Å². The molecule has 2 fully saturated rings. The molecule has 5 rings (SSSR count). The number of likely N-dealkylation sites (N-methyl/N-ethyl adjacent to an activating group) is 1. The fourth-order valence-corrected chi connectivity index (χ4v) is 7.05. The first-order chi connectivity index (χ1) is 21.8. The van der Waals surface area contributed by atoms with Crippen molar-refractivity contribution in [1.82, 2.24) is 26.2 Å². The van der Waals surface area contributed by atoms with Gasteiger partial charge in [0.25, 0.3) is 5.91 Å². The Hall–Kier alpha value is -3.92. The quantitative estimate of drug-likeness (QED) is 0.324. The zero-order valence-electron chi connectivity index (χ0n) is 26.6. The summed E-state index contributed by atoms with van der Waals surface area (Å²) < 4.78 is 5.21. The summed E-state index contributed by atoms with van der Waals surface area (Å²) in [4.78, 5) is 56.4. The molecule has 45 heavy (non-hydrogen) atoms. The van der Waals surface area contributed by atoms with Gasteiger partial charge in [-0.05, 0) is 93.8 Å². The van der Waals surface area contributed by atoms with Crippen molar-refractivity contribution in [1.29, 1.82) is 0 Å². The number of fused-ring (bicyclic) bond motifs is 1. The number of amides is 4. The van der Waals surface area contributed by atoms with Crippen LogP contribution >= 0.6 is 0 Å². The van der Waals surface area contributed by atoms with Crippen molar-refractivity contribution in [3.8, 4) is 5.75 Å². The molecule has 10 nitrogen and oxygen atoms in total. The van der Waals surface area contributed by atoms with Crippen molar-refractivity contribution in [2.45, 2.75) is 94.9 Å². The fraction of sp³-hybridized carbons (Fsp3) is 0.543. The fourth-order valence-electron chi connectivity index (χ4n) is 7.05. The van der Waals surface area contributed by atoms with Crippen LogP contribution in [0.4, 0.5) is 0 Å². The molecule has 0 bridgehead atoms. The number of rotatable bonds is 10. The molecule has 0 radical (unpaired) electrons. The normalized spacial score (nSPS) is 22.9. The number of nitrogens with one attached hydrogen (secondary N) is 4. The van der Waals surface area contributed by atoms with E-state index in [0.29, 0.717) is 11.3 Å². The molecule has 2 aromatic carbocycles. The Labute approximate surface area is 266 Å². The predicted molar refractivity (Wildman–Crippen MR) is 172 cm³/mol. The number of hydrogen-bond acceptors (Lipinski definition) is 6. The molecule has 1 saturated carbocycles. The molecule has 4 amide bonds. The Bertz CT molecular complexity index is 1360. The molecule has 242 valence electrons. The number of aryl methyl sites for hydroxylation is 1. The Morgan fingerprint density at radius 2 is 1.64 bits per heavy atom. The van der Waals surface area contributed by atoms with Crippen LogP contribution in [0.5, 0.6) is 5.75 Å². The molecule has 1 heterocycles. The van der Waals surface area contributed by atoms with E-state index in [1.54, 1.807) is 50.2 Å². The highest BCUT2D eigenvalue weighted by Gasteiger charge is 2.45. The molecule has 2 aliphatic carbocycles. The molecule has 0 aromatic heterocycles. The third-order valence-corrected chi connectivity index (χ3v) is 9.77. The molecule has 10 heteroatoms. The lowest BCUT2D eigenvalue weighted by Gasteiger charge is -2.35. The van der Waals surface area contributed by atoms with Crippen molar-refractivity contribution in [3.63, 3.8) is 0 Å². The van der Waals surface area contributed by atoms with E-state index in [0.717, 1.165) is 56.9 Å². The van der Waals surface area contributed by atoms with Gasteiger partial charge in [0.05, 0.1) is 19.2 Å². The highest BCUT2D eigenvalue weighted by molar-refractivity contribution is 5.96. The van der Waals surface area contributed by atoms with Gasteiger partial charge < -0.3 is 30.9 Å². The molecule has 3 aliphatic rings. The molecular formula is C35H47N5O5. The van der Waals surface area contributed by atoms with Crippen LogP contribution in [-0.2, 0) is 20.8 Å². The lowest BCUT2D eigenvalue weighted by atomic mass is 9.83. The molecule has 0 unspecified atom stereocenters. The second-order valence-corrected chi connectivity index (χ2v) is 12.7. The first kappa shape index (κ1) is 32.5. The number of likely N-dealkylation sites (tertiary alicyclic amines) is 1. The van der Waals surface area contributed by atoms with Crippen molar-refractivity contribution in [3.05, 3.63) is 65.2 Å². The van der Waals surface area contributed by atoms with Gasteiger partial charge in [0.1, 0.15) is 17.8 Å². The minimum absolute atomic E-state index is 0.0128. The van der Waals surface area contributed by atoms with Crippen molar-refractivity contribution in [2.24, 2.45) is 5.92 Å². The maximum absolute atomic E-state index is 14.5. The lowest BCUT2D eigenvalue weighted by molar-refractivity contribution is -0.143. The first-order valence-electron chi connectivity index (χ1n) is 16.4.